The lowest BCUT2D eigenvalue weighted by Gasteiger charge is -2.22. The summed E-state index contributed by atoms with van der Waals surface area (Å²) in [6.45, 7) is 7.72. The molecule has 0 atom stereocenters. The first kappa shape index (κ1) is 15.6. The molecule has 0 saturated heterocycles. The first-order chi connectivity index (χ1) is 10.4. The molecule has 0 radical (unpaired) electrons. The first-order valence-electron chi connectivity index (χ1n) is 8.82. The first-order valence-corrected chi connectivity index (χ1v) is 8.82. The molecular weight excluding hydrogens is 270 g/mol. The van der Waals surface area contributed by atoms with Crippen LogP contribution in [-0.2, 0) is 16.6 Å². The summed E-state index contributed by atoms with van der Waals surface area (Å²) >= 11 is 0. The molecule has 2 saturated carbocycles. The SMILES string of the molecule is CC(C)(C)c1ccc(CCC(=O)N(CC2CC2)C2CC2)cc1. The van der Waals surface area contributed by atoms with Crippen LogP contribution in [0, 0.1) is 5.92 Å². The number of hydrogen-bond acceptors (Lipinski definition) is 1. The lowest BCUT2D eigenvalue weighted by Crippen LogP contribution is -2.35. The van der Waals surface area contributed by atoms with Gasteiger partial charge in [0.2, 0.25) is 5.91 Å². The smallest absolute Gasteiger partial charge is 0.223 e. The van der Waals surface area contributed by atoms with Gasteiger partial charge in [-0.1, -0.05) is 45.0 Å². The highest BCUT2D eigenvalue weighted by atomic mass is 16.2. The predicted molar refractivity (Wildman–Crippen MR) is 90.9 cm³/mol. The van der Waals surface area contributed by atoms with Crippen molar-refractivity contribution in [1.29, 1.82) is 0 Å². The Morgan fingerprint density at radius 2 is 1.73 bits per heavy atom. The molecule has 2 nitrogen and oxygen atoms in total. The van der Waals surface area contributed by atoms with Crippen LogP contribution in [0.3, 0.4) is 0 Å². The summed E-state index contributed by atoms with van der Waals surface area (Å²) < 4.78 is 0. The van der Waals surface area contributed by atoms with Crippen molar-refractivity contribution in [3.05, 3.63) is 35.4 Å². The molecule has 1 aromatic carbocycles. The fraction of sp³-hybridized carbons (Fsp3) is 0.650. The second-order valence-electron chi connectivity index (χ2n) is 8.17. The predicted octanol–water partition coefficient (Wildman–Crippen LogP) is 4.32. The largest absolute Gasteiger partial charge is 0.339 e. The van der Waals surface area contributed by atoms with E-state index in [0.29, 0.717) is 18.4 Å². The molecule has 3 rings (SSSR count). The van der Waals surface area contributed by atoms with Crippen LogP contribution in [0.4, 0.5) is 0 Å². The maximum Gasteiger partial charge on any atom is 0.223 e. The molecule has 120 valence electrons. The lowest BCUT2D eigenvalue weighted by molar-refractivity contribution is -0.132. The number of aryl methyl sites for hydroxylation is 1. The molecule has 0 N–H and O–H groups in total. The molecule has 0 bridgehead atoms. The van der Waals surface area contributed by atoms with Gasteiger partial charge in [-0.15, -0.1) is 0 Å². The van der Waals surface area contributed by atoms with Gasteiger partial charge in [-0.2, -0.15) is 0 Å². The highest BCUT2D eigenvalue weighted by molar-refractivity contribution is 5.77. The van der Waals surface area contributed by atoms with Crippen molar-refractivity contribution in [2.75, 3.05) is 6.54 Å². The average Bonchev–Trinajstić information content (AvgIpc) is 3.35. The summed E-state index contributed by atoms with van der Waals surface area (Å²) in [5.74, 6) is 1.17. The minimum absolute atomic E-state index is 0.196. The van der Waals surface area contributed by atoms with Crippen LogP contribution in [0.2, 0.25) is 0 Å². The summed E-state index contributed by atoms with van der Waals surface area (Å²) in [6.07, 6.45) is 6.63. The van der Waals surface area contributed by atoms with Gasteiger partial charge in [0.25, 0.3) is 0 Å². The number of benzene rings is 1. The minimum atomic E-state index is 0.196. The zero-order chi connectivity index (χ0) is 15.7. The van der Waals surface area contributed by atoms with Crippen LogP contribution in [-0.4, -0.2) is 23.4 Å². The van der Waals surface area contributed by atoms with Gasteiger partial charge in [0.05, 0.1) is 0 Å². The second kappa shape index (κ2) is 6.06. The van der Waals surface area contributed by atoms with Crippen molar-refractivity contribution in [2.45, 2.75) is 70.8 Å². The van der Waals surface area contributed by atoms with Gasteiger partial charge >= 0.3 is 0 Å². The van der Waals surface area contributed by atoms with Crippen molar-refractivity contribution in [2.24, 2.45) is 5.92 Å². The standard InChI is InChI=1S/C20H29NO/c1-20(2,3)17-9-6-15(7-10-17)8-13-19(22)21(18-11-12-18)14-16-4-5-16/h6-7,9-10,16,18H,4-5,8,11-14H2,1-3H3. The summed E-state index contributed by atoms with van der Waals surface area (Å²) in [6, 6.07) is 9.37. The third kappa shape index (κ3) is 4.12. The Kier molecular flexibility index (Phi) is 4.29. The Hall–Kier alpha value is -1.31. The molecule has 2 aliphatic rings. The van der Waals surface area contributed by atoms with Crippen LogP contribution < -0.4 is 0 Å². The second-order valence-corrected chi connectivity index (χ2v) is 8.17. The molecule has 1 aromatic rings. The summed E-state index contributed by atoms with van der Waals surface area (Å²) in [5.41, 5.74) is 2.83. The van der Waals surface area contributed by atoms with Crippen LogP contribution in [0.25, 0.3) is 0 Å². The van der Waals surface area contributed by atoms with Crippen LogP contribution in [0.5, 0.6) is 0 Å². The summed E-state index contributed by atoms with van der Waals surface area (Å²) in [7, 11) is 0. The molecule has 0 aromatic heterocycles. The molecule has 0 aliphatic heterocycles. The summed E-state index contributed by atoms with van der Waals surface area (Å²) in [5, 5.41) is 0. The fourth-order valence-corrected chi connectivity index (χ4v) is 2.99. The zero-order valence-corrected chi connectivity index (χ0v) is 14.3. The lowest BCUT2D eigenvalue weighted by atomic mass is 9.86. The Labute approximate surface area is 134 Å². The van der Waals surface area contributed by atoms with Crippen LogP contribution >= 0.6 is 0 Å². The Morgan fingerprint density at radius 1 is 1.09 bits per heavy atom. The van der Waals surface area contributed by atoms with E-state index >= 15 is 0 Å². The van der Waals surface area contributed by atoms with E-state index in [9.17, 15) is 4.79 Å². The Morgan fingerprint density at radius 3 is 2.23 bits per heavy atom. The van der Waals surface area contributed by atoms with E-state index in [1.807, 2.05) is 0 Å². The van der Waals surface area contributed by atoms with E-state index in [4.69, 9.17) is 0 Å². The third-order valence-corrected chi connectivity index (χ3v) is 4.91. The van der Waals surface area contributed by atoms with Crippen LogP contribution in [0.15, 0.2) is 24.3 Å². The quantitative estimate of drug-likeness (QED) is 0.766. The maximum atomic E-state index is 12.5. The van der Waals surface area contributed by atoms with Crippen molar-refractivity contribution < 1.29 is 4.79 Å². The van der Waals surface area contributed by atoms with E-state index < -0.39 is 0 Å². The van der Waals surface area contributed by atoms with Gasteiger partial charge in [-0.3, -0.25) is 4.79 Å². The van der Waals surface area contributed by atoms with Gasteiger partial charge in [0.1, 0.15) is 0 Å². The van der Waals surface area contributed by atoms with Gasteiger partial charge in [0, 0.05) is 19.0 Å². The van der Waals surface area contributed by atoms with E-state index in [1.54, 1.807) is 0 Å². The van der Waals surface area contributed by atoms with Gasteiger partial charge < -0.3 is 4.90 Å². The molecule has 2 aliphatic carbocycles. The normalized spacial score (nSPS) is 18.3. The van der Waals surface area contributed by atoms with E-state index in [0.717, 1.165) is 18.9 Å². The number of nitrogens with zero attached hydrogens (tertiary/aromatic N) is 1. The molecule has 0 unspecified atom stereocenters. The molecule has 0 heterocycles. The van der Waals surface area contributed by atoms with Gasteiger partial charge in [-0.05, 0) is 54.6 Å². The Balaban J connectivity index is 1.53. The monoisotopic (exact) mass is 299 g/mol. The average molecular weight is 299 g/mol. The molecular formula is C20H29NO. The minimum Gasteiger partial charge on any atom is -0.339 e. The number of hydrogen-bond donors (Lipinski definition) is 0. The maximum absolute atomic E-state index is 12.5. The van der Waals surface area contributed by atoms with Crippen molar-refractivity contribution in [3.8, 4) is 0 Å². The van der Waals surface area contributed by atoms with Gasteiger partial charge in [-0.25, -0.2) is 0 Å². The fourth-order valence-electron chi connectivity index (χ4n) is 2.99. The highest BCUT2D eigenvalue weighted by Gasteiger charge is 2.36. The zero-order valence-electron chi connectivity index (χ0n) is 14.3. The highest BCUT2D eigenvalue weighted by Crippen LogP contribution is 2.35. The molecule has 2 heteroatoms. The van der Waals surface area contributed by atoms with Crippen molar-refractivity contribution >= 4 is 5.91 Å². The number of carbonyl (C=O) groups is 1. The van der Waals surface area contributed by atoms with Crippen LogP contribution in [0.1, 0.15) is 64.0 Å². The van der Waals surface area contributed by atoms with Crippen molar-refractivity contribution in [1.82, 2.24) is 4.90 Å². The van der Waals surface area contributed by atoms with E-state index in [2.05, 4.69) is 49.9 Å². The Bertz CT molecular complexity index is 518. The molecule has 2 fully saturated rings. The van der Waals surface area contributed by atoms with E-state index in [-0.39, 0.29) is 5.41 Å². The topological polar surface area (TPSA) is 20.3 Å². The molecule has 0 spiro atoms. The summed E-state index contributed by atoms with van der Waals surface area (Å²) in [4.78, 5) is 14.7. The van der Waals surface area contributed by atoms with Gasteiger partial charge in [0.15, 0.2) is 0 Å². The molecule has 22 heavy (non-hydrogen) atoms. The number of amides is 1. The van der Waals surface area contributed by atoms with Crippen molar-refractivity contribution in [3.63, 3.8) is 0 Å². The van der Waals surface area contributed by atoms with E-state index in [1.165, 1.54) is 36.8 Å². The number of rotatable bonds is 6. The number of carbonyl (C=O) groups excluding carboxylic acids is 1. The molecule has 1 amide bonds. The third-order valence-electron chi connectivity index (χ3n) is 4.91.